The number of rotatable bonds is 6. The van der Waals surface area contributed by atoms with E-state index in [1.54, 1.807) is 17.8 Å². The molecule has 1 aliphatic carbocycles. The number of nitrogens with one attached hydrogen (secondary N) is 1. The van der Waals surface area contributed by atoms with Crippen LogP contribution in [0.3, 0.4) is 0 Å². The number of fused-ring (bicyclic) bond motifs is 1. The highest BCUT2D eigenvalue weighted by Crippen LogP contribution is 2.44. The molecule has 2 aromatic carbocycles. The Kier molecular flexibility index (Phi) is 7.11. The van der Waals surface area contributed by atoms with Crippen LogP contribution in [0.4, 0.5) is 4.39 Å². The summed E-state index contributed by atoms with van der Waals surface area (Å²) in [5, 5.41) is 0. The predicted molar refractivity (Wildman–Crippen MR) is 119 cm³/mol. The van der Waals surface area contributed by atoms with Gasteiger partial charge in [-0.15, -0.1) is 11.8 Å². The van der Waals surface area contributed by atoms with Crippen molar-refractivity contribution in [3.05, 3.63) is 70.5 Å². The van der Waals surface area contributed by atoms with Gasteiger partial charge >= 0.3 is 5.97 Å². The first kappa shape index (κ1) is 21.8. The number of carbonyl (C=O) groups excluding carboxylic acids is 2. The van der Waals surface area contributed by atoms with Gasteiger partial charge in [-0.25, -0.2) is 4.39 Å². The summed E-state index contributed by atoms with van der Waals surface area (Å²) >= 11 is 1.70. The van der Waals surface area contributed by atoms with Crippen LogP contribution in [0.25, 0.3) is 17.2 Å². The Hall–Kier alpha value is -2.86. The maximum absolute atomic E-state index is 14.0. The highest BCUT2D eigenvalue weighted by Gasteiger charge is 2.24. The lowest BCUT2D eigenvalue weighted by Gasteiger charge is -2.07. The first-order valence-electron chi connectivity index (χ1n) is 9.71. The smallest absolute Gasteiger partial charge is 0.329 e. The van der Waals surface area contributed by atoms with Crippen molar-refractivity contribution >= 4 is 40.9 Å². The van der Waals surface area contributed by atoms with Gasteiger partial charge in [0.2, 0.25) is 0 Å². The molecule has 6 heteroatoms. The van der Waals surface area contributed by atoms with Gasteiger partial charge in [0.15, 0.2) is 0 Å². The van der Waals surface area contributed by atoms with Crippen LogP contribution in [-0.2, 0) is 14.4 Å². The van der Waals surface area contributed by atoms with Crippen molar-refractivity contribution in [1.29, 1.82) is 0 Å². The summed E-state index contributed by atoms with van der Waals surface area (Å²) in [4.78, 5) is 28.3. The molecule has 0 unspecified atom stereocenters. The quantitative estimate of drug-likeness (QED) is 0.481. The number of halogens is 1. The van der Waals surface area contributed by atoms with Gasteiger partial charge in [-0.2, -0.15) is 5.48 Å². The second-order valence-electron chi connectivity index (χ2n) is 7.10. The van der Waals surface area contributed by atoms with Crippen LogP contribution in [0.15, 0.2) is 52.9 Å². The molecule has 0 saturated heterocycles. The molecule has 2 aromatic rings. The highest BCUT2D eigenvalue weighted by atomic mass is 32.2. The summed E-state index contributed by atoms with van der Waals surface area (Å²) in [6, 6.07) is 13.2. The predicted octanol–water partition coefficient (Wildman–Crippen LogP) is 5.64. The summed E-state index contributed by atoms with van der Waals surface area (Å²) in [5.41, 5.74) is 8.28. The SMILES string of the molecule is CSc1ccc(C=C2C(C)=C(CCCC(=O)NOC(C)=O)c3cc(F)ccc32)cc1. The number of thioether (sulfide) groups is 1. The molecule has 0 radical (unpaired) electrons. The molecule has 0 bridgehead atoms. The van der Waals surface area contributed by atoms with Gasteiger partial charge in [-0.1, -0.05) is 18.2 Å². The van der Waals surface area contributed by atoms with Crippen LogP contribution >= 0.6 is 11.8 Å². The van der Waals surface area contributed by atoms with Crippen LogP contribution in [0, 0.1) is 5.82 Å². The largest absolute Gasteiger partial charge is 0.341 e. The van der Waals surface area contributed by atoms with Gasteiger partial charge in [-0.3, -0.25) is 9.59 Å². The van der Waals surface area contributed by atoms with Gasteiger partial charge in [0.25, 0.3) is 5.91 Å². The number of hydroxylamine groups is 1. The lowest BCUT2D eigenvalue weighted by Crippen LogP contribution is -2.25. The van der Waals surface area contributed by atoms with Crippen LogP contribution in [0.1, 0.15) is 49.8 Å². The maximum Gasteiger partial charge on any atom is 0.329 e. The molecular formula is C24H24FNO3S. The third-order valence-electron chi connectivity index (χ3n) is 5.02. The summed E-state index contributed by atoms with van der Waals surface area (Å²) in [6.07, 6.45) is 5.56. The molecule has 0 atom stereocenters. The first-order chi connectivity index (χ1) is 14.4. The molecule has 0 heterocycles. The molecule has 3 rings (SSSR count). The van der Waals surface area contributed by atoms with E-state index in [9.17, 15) is 14.0 Å². The Morgan fingerprint density at radius 2 is 1.87 bits per heavy atom. The van der Waals surface area contributed by atoms with Gasteiger partial charge in [0.05, 0.1) is 0 Å². The highest BCUT2D eigenvalue weighted by molar-refractivity contribution is 7.98. The van der Waals surface area contributed by atoms with Crippen molar-refractivity contribution in [2.75, 3.05) is 6.26 Å². The average molecular weight is 426 g/mol. The summed E-state index contributed by atoms with van der Waals surface area (Å²) in [7, 11) is 0. The zero-order chi connectivity index (χ0) is 21.7. The Morgan fingerprint density at radius 1 is 1.13 bits per heavy atom. The van der Waals surface area contributed by atoms with Crippen LogP contribution in [-0.4, -0.2) is 18.1 Å². The van der Waals surface area contributed by atoms with Gasteiger partial charge in [0.1, 0.15) is 5.82 Å². The van der Waals surface area contributed by atoms with Crippen molar-refractivity contribution in [3.63, 3.8) is 0 Å². The fourth-order valence-corrected chi connectivity index (χ4v) is 3.96. The van der Waals surface area contributed by atoms with E-state index >= 15 is 0 Å². The molecule has 0 aromatic heterocycles. The minimum atomic E-state index is -0.567. The molecule has 1 N–H and O–H groups in total. The van der Waals surface area contributed by atoms with Crippen LogP contribution in [0.5, 0.6) is 0 Å². The van der Waals surface area contributed by atoms with E-state index < -0.39 is 5.97 Å². The Morgan fingerprint density at radius 3 is 2.53 bits per heavy atom. The Bertz CT molecular complexity index is 1030. The van der Waals surface area contributed by atoms with E-state index in [2.05, 4.69) is 40.7 Å². The van der Waals surface area contributed by atoms with E-state index in [1.807, 2.05) is 19.2 Å². The van der Waals surface area contributed by atoms with E-state index in [0.29, 0.717) is 12.8 Å². The van der Waals surface area contributed by atoms with Crippen LogP contribution in [0.2, 0.25) is 0 Å². The van der Waals surface area contributed by atoms with Crippen molar-refractivity contribution < 1.29 is 18.8 Å². The van der Waals surface area contributed by atoms with E-state index in [1.165, 1.54) is 17.9 Å². The fraction of sp³-hybridized carbons (Fsp3) is 0.250. The number of hydrogen-bond acceptors (Lipinski definition) is 4. The molecule has 1 aliphatic rings. The lowest BCUT2D eigenvalue weighted by atomic mass is 10.00. The van der Waals surface area contributed by atoms with E-state index in [0.717, 1.165) is 33.4 Å². The Labute approximate surface area is 180 Å². The maximum atomic E-state index is 14.0. The lowest BCUT2D eigenvalue weighted by molar-refractivity contribution is -0.156. The van der Waals surface area contributed by atoms with Gasteiger partial charge < -0.3 is 4.84 Å². The second-order valence-corrected chi connectivity index (χ2v) is 7.98. The normalized spacial score (nSPS) is 14.1. The third kappa shape index (κ3) is 5.19. The summed E-state index contributed by atoms with van der Waals surface area (Å²) in [5.74, 6) is -1.20. The Balaban J connectivity index is 1.82. The molecule has 0 spiro atoms. The average Bonchev–Trinajstić information content (AvgIpc) is 2.98. The molecule has 0 fully saturated rings. The first-order valence-corrected chi connectivity index (χ1v) is 10.9. The number of amides is 1. The topological polar surface area (TPSA) is 55.4 Å². The number of carbonyl (C=O) groups is 2. The molecule has 0 aliphatic heterocycles. The van der Waals surface area contributed by atoms with Crippen molar-refractivity contribution in [1.82, 2.24) is 5.48 Å². The van der Waals surface area contributed by atoms with Gasteiger partial charge in [0, 0.05) is 18.2 Å². The van der Waals surface area contributed by atoms with E-state index in [4.69, 9.17) is 0 Å². The second kappa shape index (κ2) is 9.76. The minimum absolute atomic E-state index is 0.212. The van der Waals surface area contributed by atoms with Crippen molar-refractivity contribution in [3.8, 4) is 0 Å². The minimum Gasteiger partial charge on any atom is -0.341 e. The fourth-order valence-electron chi connectivity index (χ4n) is 3.55. The number of hydrogen-bond donors (Lipinski definition) is 1. The number of benzene rings is 2. The van der Waals surface area contributed by atoms with E-state index in [-0.39, 0.29) is 18.1 Å². The molecule has 4 nitrogen and oxygen atoms in total. The summed E-state index contributed by atoms with van der Waals surface area (Å²) in [6.45, 7) is 3.26. The monoisotopic (exact) mass is 425 g/mol. The zero-order valence-electron chi connectivity index (χ0n) is 17.3. The number of allylic oxidation sites excluding steroid dienone is 3. The molecule has 0 saturated carbocycles. The standard InChI is InChI=1S/C24H24FNO3S/c1-15-20(5-4-6-24(28)26-29-16(2)27)23-14-18(25)9-12-21(23)22(15)13-17-7-10-19(30-3)11-8-17/h7-14H,4-6H2,1-3H3,(H,26,28). The summed E-state index contributed by atoms with van der Waals surface area (Å²) < 4.78 is 14.0. The molecule has 156 valence electrons. The third-order valence-corrected chi connectivity index (χ3v) is 5.76. The molecule has 1 amide bonds. The molecular weight excluding hydrogens is 401 g/mol. The van der Waals surface area contributed by atoms with Crippen molar-refractivity contribution in [2.24, 2.45) is 0 Å². The zero-order valence-corrected chi connectivity index (χ0v) is 18.1. The molecule has 30 heavy (non-hydrogen) atoms. The van der Waals surface area contributed by atoms with Crippen molar-refractivity contribution in [2.45, 2.75) is 38.0 Å². The van der Waals surface area contributed by atoms with Crippen LogP contribution < -0.4 is 5.48 Å². The van der Waals surface area contributed by atoms with Gasteiger partial charge in [-0.05, 0) is 89.8 Å².